The van der Waals surface area contributed by atoms with Gasteiger partial charge in [0, 0.05) is 12.1 Å². The van der Waals surface area contributed by atoms with Crippen molar-refractivity contribution in [2.24, 2.45) is 5.73 Å². The smallest absolute Gasteiger partial charge is 0.273 e. The number of carbonyl (C=O) groups is 1. The van der Waals surface area contributed by atoms with E-state index in [1.54, 1.807) is 6.92 Å². The van der Waals surface area contributed by atoms with E-state index in [1.807, 2.05) is 13.8 Å². The summed E-state index contributed by atoms with van der Waals surface area (Å²) in [6, 6.07) is 4.20. The lowest BCUT2D eigenvalue weighted by Gasteiger charge is -2.29. The number of hydrogen-bond acceptors (Lipinski definition) is 5. The Balaban J connectivity index is 2.92. The lowest BCUT2D eigenvalue weighted by atomic mass is 10.0. The number of nitrogens with two attached hydrogens (primary N) is 1. The molecule has 0 bridgehead atoms. The summed E-state index contributed by atoms with van der Waals surface area (Å²) in [5.41, 5.74) is 4.24. The molecular weight excluding hydrogens is 342 g/mol. The van der Waals surface area contributed by atoms with E-state index in [1.165, 1.54) is 18.2 Å². The molecule has 1 rings (SSSR count). The molecule has 0 heterocycles. The summed E-state index contributed by atoms with van der Waals surface area (Å²) in [4.78, 5) is 21.9. The molecule has 0 aliphatic carbocycles. The molecule has 0 spiro atoms. The minimum atomic E-state index is -1.07. The number of ether oxygens (including phenoxy) is 1. The van der Waals surface area contributed by atoms with Crippen LogP contribution in [-0.2, 0) is 4.79 Å². The Hall–Kier alpha value is -1.67. The molecule has 3 N–H and O–H groups in total. The van der Waals surface area contributed by atoms with Crippen molar-refractivity contribution in [3.63, 3.8) is 0 Å². The Morgan fingerprint density at radius 2 is 2.19 bits per heavy atom. The molecule has 7 nitrogen and oxygen atoms in total. The van der Waals surface area contributed by atoms with Crippen molar-refractivity contribution in [2.45, 2.75) is 32.4 Å². The fraction of sp³-hybridized carbons (Fsp3) is 0.462. The average molecular weight is 360 g/mol. The Morgan fingerprint density at radius 3 is 2.67 bits per heavy atom. The van der Waals surface area contributed by atoms with Crippen LogP contribution in [0.2, 0.25) is 0 Å². The van der Waals surface area contributed by atoms with Crippen molar-refractivity contribution >= 4 is 27.5 Å². The van der Waals surface area contributed by atoms with Crippen molar-refractivity contribution in [3.05, 3.63) is 32.8 Å². The summed E-state index contributed by atoms with van der Waals surface area (Å²) in [6.07, 6.45) is 0. The molecule has 1 aromatic rings. The molecule has 8 heteroatoms. The summed E-state index contributed by atoms with van der Waals surface area (Å²) < 4.78 is 6.10. The van der Waals surface area contributed by atoms with Crippen molar-refractivity contribution in [3.8, 4) is 5.75 Å². The number of nitro benzene ring substituents is 1. The van der Waals surface area contributed by atoms with Gasteiger partial charge in [-0.05, 0) is 42.8 Å². The third-order valence-corrected chi connectivity index (χ3v) is 3.45. The Kier molecular flexibility index (Phi) is 5.68. The van der Waals surface area contributed by atoms with E-state index in [0.29, 0.717) is 4.47 Å². The molecule has 0 aromatic heterocycles. The highest BCUT2D eigenvalue weighted by Gasteiger charge is 2.33. The number of nitro groups is 1. The first-order valence-electron chi connectivity index (χ1n) is 6.30. The molecule has 0 fully saturated rings. The van der Waals surface area contributed by atoms with Crippen LogP contribution in [0.1, 0.15) is 20.8 Å². The zero-order chi connectivity index (χ0) is 16.2. The highest BCUT2D eigenvalue weighted by molar-refractivity contribution is 9.10. The summed E-state index contributed by atoms with van der Waals surface area (Å²) in [7, 11) is 0. The predicted molar refractivity (Wildman–Crippen MR) is 82.2 cm³/mol. The van der Waals surface area contributed by atoms with Crippen molar-refractivity contribution in [1.82, 2.24) is 5.32 Å². The van der Waals surface area contributed by atoms with Gasteiger partial charge in [0.1, 0.15) is 17.9 Å². The number of amides is 1. The van der Waals surface area contributed by atoms with E-state index in [0.717, 1.165) is 0 Å². The average Bonchev–Trinajstić information content (AvgIpc) is 2.36. The van der Waals surface area contributed by atoms with Crippen LogP contribution in [-0.4, -0.2) is 29.0 Å². The van der Waals surface area contributed by atoms with Gasteiger partial charge in [0.15, 0.2) is 0 Å². The summed E-state index contributed by atoms with van der Waals surface area (Å²) >= 11 is 3.25. The minimum absolute atomic E-state index is 0.0275. The van der Waals surface area contributed by atoms with Crippen LogP contribution in [0.3, 0.4) is 0 Å². The van der Waals surface area contributed by atoms with Gasteiger partial charge in [-0.2, -0.15) is 0 Å². The van der Waals surface area contributed by atoms with Gasteiger partial charge >= 0.3 is 0 Å². The van der Waals surface area contributed by atoms with Crippen molar-refractivity contribution < 1.29 is 14.5 Å². The number of benzene rings is 1. The van der Waals surface area contributed by atoms with Crippen LogP contribution < -0.4 is 15.8 Å². The van der Waals surface area contributed by atoms with E-state index in [4.69, 9.17) is 10.5 Å². The number of hydrogen-bond donors (Lipinski definition) is 2. The fourth-order valence-electron chi connectivity index (χ4n) is 1.76. The SMILES string of the molecule is CC(C)NC(C)(COc1cc([N+](=O)[O-])ccc1Br)C(N)=O. The third-order valence-electron chi connectivity index (χ3n) is 2.79. The van der Waals surface area contributed by atoms with Crippen LogP contribution in [0.15, 0.2) is 22.7 Å². The number of halogens is 1. The minimum Gasteiger partial charge on any atom is -0.490 e. The summed E-state index contributed by atoms with van der Waals surface area (Å²) in [5.74, 6) is -0.278. The van der Waals surface area contributed by atoms with E-state index in [9.17, 15) is 14.9 Å². The molecule has 21 heavy (non-hydrogen) atoms. The zero-order valence-electron chi connectivity index (χ0n) is 12.1. The van der Waals surface area contributed by atoms with Gasteiger partial charge in [-0.25, -0.2) is 0 Å². The van der Waals surface area contributed by atoms with Gasteiger partial charge in [0.2, 0.25) is 5.91 Å². The Labute approximate surface area is 131 Å². The van der Waals surface area contributed by atoms with Gasteiger partial charge in [0.05, 0.1) is 15.5 Å². The summed E-state index contributed by atoms with van der Waals surface area (Å²) in [6.45, 7) is 5.34. The number of carbonyl (C=O) groups excluding carboxylic acids is 1. The largest absolute Gasteiger partial charge is 0.490 e. The van der Waals surface area contributed by atoms with E-state index >= 15 is 0 Å². The molecule has 0 aliphatic rings. The topological polar surface area (TPSA) is 107 Å². The number of non-ortho nitro benzene ring substituents is 1. The lowest BCUT2D eigenvalue weighted by Crippen LogP contribution is -2.59. The molecule has 1 atom stereocenters. The maximum absolute atomic E-state index is 11.6. The zero-order valence-corrected chi connectivity index (χ0v) is 13.6. The Morgan fingerprint density at radius 1 is 1.57 bits per heavy atom. The van der Waals surface area contributed by atoms with Crippen molar-refractivity contribution in [1.29, 1.82) is 0 Å². The standard InChI is InChI=1S/C13H18BrN3O4/c1-8(2)16-13(3,12(15)18)7-21-11-6-9(17(19)20)4-5-10(11)14/h4-6,8,16H,7H2,1-3H3,(H2,15,18). The molecule has 0 saturated carbocycles. The van der Waals surface area contributed by atoms with E-state index in [2.05, 4.69) is 21.2 Å². The number of nitrogens with one attached hydrogen (secondary N) is 1. The van der Waals surface area contributed by atoms with Gasteiger partial charge in [-0.15, -0.1) is 0 Å². The molecule has 0 aliphatic heterocycles. The van der Waals surface area contributed by atoms with Crippen LogP contribution >= 0.6 is 15.9 Å². The highest BCUT2D eigenvalue weighted by atomic mass is 79.9. The number of nitrogens with zero attached hydrogens (tertiary/aromatic N) is 1. The van der Waals surface area contributed by atoms with Crippen LogP contribution in [0.25, 0.3) is 0 Å². The fourth-order valence-corrected chi connectivity index (χ4v) is 2.12. The van der Waals surface area contributed by atoms with E-state index in [-0.39, 0.29) is 24.1 Å². The summed E-state index contributed by atoms with van der Waals surface area (Å²) in [5, 5.41) is 13.8. The first kappa shape index (κ1) is 17.4. The molecule has 0 saturated heterocycles. The first-order chi connectivity index (χ1) is 9.65. The molecule has 0 radical (unpaired) electrons. The van der Waals surface area contributed by atoms with Gasteiger partial charge in [0.25, 0.3) is 5.69 Å². The third kappa shape index (κ3) is 4.68. The van der Waals surface area contributed by atoms with Crippen molar-refractivity contribution in [2.75, 3.05) is 6.61 Å². The maximum atomic E-state index is 11.6. The molecular formula is C13H18BrN3O4. The molecule has 116 valence electrons. The predicted octanol–water partition coefficient (Wildman–Crippen LogP) is 1.98. The highest BCUT2D eigenvalue weighted by Crippen LogP contribution is 2.29. The van der Waals surface area contributed by atoms with Gasteiger partial charge in [-0.1, -0.05) is 0 Å². The number of rotatable bonds is 7. The van der Waals surface area contributed by atoms with Crippen LogP contribution in [0, 0.1) is 10.1 Å². The quantitative estimate of drug-likeness (QED) is 0.571. The van der Waals surface area contributed by atoms with Crippen LogP contribution in [0.5, 0.6) is 5.75 Å². The first-order valence-corrected chi connectivity index (χ1v) is 7.09. The van der Waals surface area contributed by atoms with Crippen LogP contribution in [0.4, 0.5) is 5.69 Å². The molecule has 1 amide bonds. The van der Waals surface area contributed by atoms with Gasteiger partial charge in [-0.3, -0.25) is 20.2 Å². The van der Waals surface area contributed by atoms with E-state index < -0.39 is 16.4 Å². The second-order valence-electron chi connectivity index (χ2n) is 5.16. The Bertz CT molecular complexity index is 550. The molecule has 1 aromatic carbocycles. The second-order valence-corrected chi connectivity index (χ2v) is 6.01. The molecule has 1 unspecified atom stereocenters. The monoisotopic (exact) mass is 359 g/mol. The maximum Gasteiger partial charge on any atom is 0.273 e. The van der Waals surface area contributed by atoms with Gasteiger partial charge < -0.3 is 10.5 Å². The number of primary amides is 1. The normalized spacial score (nSPS) is 13.8. The lowest BCUT2D eigenvalue weighted by molar-refractivity contribution is -0.385. The second kappa shape index (κ2) is 6.86.